The predicted octanol–water partition coefficient (Wildman–Crippen LogP) is -0.415. The van der Waals surface area contributed by atoms with Crippen LogP contribution in [0.5, 0.6) is 0 Å². The highest BCUT2D eigenvalue weighted by molar-refractivity contribution is 9.11. The summed E-state index contributed by atoms with van der Waals surface area (Å²) in [6.07, 6.45) is 1.73. The highest BCUT2D eigenvalue weighted by atomic mass is 79.9. The molecule has 110 valence electrons. The summed E-state index contributed by atoms with van der Waals surface area (Å²) in [5.41, 5.74) is -0.710. The van der Waals surface area contributed by atoms with E-state index < -0.39 is 23.5 Å². The molecule has 8 heteroatoms. The maximum Gasteiger partial charge on any atom is 0.328 e. The van der Waals surface area contributed by atoms with Gasteiger partial charge in [0.05, 0.1) is 30.9 Å². The number of aromatic amines is 1. The van der Waals surface area contributed by atoms with Crippen LogP contribution < -0.4 is 11.2 Å². The SMILES string of the molecule is O=c1[nH]c(=O)n(C2COC(CO)C(O)C2)cc1/C=C/Br. The minimum atomic E-state index is -0.854. The number of aliphatic hydroxyl groups excluding tert-OH is 2. The van der Waals surface area contributed by atoms with Crippen molar-refractivity contribution < 1.29 is 14.9 Å². The quantitative estimate of drug-likeness (QED) is 0.689. The van der Waals surface area contributed by atoms with Crippen molar-refractivity contribution in [2.45, 2.75) is 24.7 Å². The van der Waals surface area contributed by atoms with Crippen molar-refractivity contribution in [2.75, 3.05) is 13.2 Å². The summed E-state index contributed by atoms with van der Waals surface area (Å²) in [4.78, 5) is 27.1. The van der Waals surface area contributed by atoms with E-state index in [1.165, 1.54) is 21.8 Å². The number of nitrogens with zero attached hydrogens (tertiary/aromatic N) is 1. The van der Waals surface area contributed by atoms with Gasteiger partial charge < -0.3 is 14.9 Å². The normalized spacial score (nSPS) is 27.1. The number of hydrogen-bond donors (Lipinski definition) is 3. The Morgan fingerprint density at radius 3 is 2.90 bits per heavy atom. The van der Waals surface area contributed by atoms with Gasteiger partial charge in [-0.3, -0.25) is 14.3 Å². The Bertz CT molecular complexity index is 609. The summed E-state index contributed by atoms with van der Waals surface area (Å²) >= 11 is 3.07. The van der Waals surface area contributed by atoms with Gasteiger partial charge in [-0.25, -0.2) is 4.79 Å². The Morgan fingerprint density at radius 1 is 1.55 bits per heavy atom. The molecular weight excluding hydrogens is 332 g/mol. The van der Waals surface area contributed by atoms with Gasteiger partial charge in [-0.1, -0.05) is 15.9 Å². The average Bonchev–Trinajstić information content (AvgIpc) is 2.42. The van der Waals surface area contributed by atoms with Gasteiger partial charge in [-0.15, -0.1) is 0 Å². The van der Waals surface area contributed by atoms with Gasteiger partial charge in [-0.2, -0.15) is 0 Å². The van der Waals surface area contributed by atoms with Crippen molar-refractivity contribution in [1.29, 1.82) is 0 Å². The van der Waals surface area contributed by atoms with E-state index in [0.29, 0.717) is 5.56 Å². The van der Waals surface area contributed by atoms with Crippen LogP contribution in [0.3, 0.4) is 0 Å². The van der Waals surface area contributed by atoms with E-state index in [4.69, 9.17) is 9.84 Å². The van der Waals surface area contributed by atoms with Crippen molar-refractivity contribution >= 4 is 22.0 Å². The number of ether oxygens (including phenoxy) is 1. The molecule has 7 nitrogen and oxygen atoms in total. The second kappa shape index (κ2) is 6.49. The second-order valence-corrected chi connectivity index (χ2v) is 5.08. The van der Waals surface area contributed by atoms with Gasteiger partial charge in [0, 0.05) is 6.20 Å². The summed E-state index contributed by atoms with van der Waals surface area (Å²) < 4.78 is 6.65. The molecule has 2 heterocycles. The molecule has 1 aromatic rings. The molecule has 3 unspecified atom stereocenters. The van der Waals surface area contributed by atoms with E-state index in [9.17, 15) is 14.7 Å². The summed E-state index contributed by atoms with van der Waals surface area (Å²) in [5, 5.41) is 18.8. The zero-order valence-electron chi connectivity index (χ0n) is 10.5. The molecule has 0 saturated carbocycles. The van der Waals surface area contributed by atoms with Crippen LogP contribution in [-0.4, -0.2) is 45.2 Å². The largest absolute Gasteiger partial charge is 0.394 e. The molecule has 0 bridgehead atoms. The lowest BCUT2D eigenvalue weighted by molar-refractivity contribution is -0.113. The molecule has 0 aromatic carbocycles. The van der Waals surface area contributed by atoms with Crippen LogP contribution >= 0.6 is 15.9 Å². The Kier molecular flexibility index (Phi) is 4.92. The molecule has 1 fully saturated rings. The fraction of sp³-hybridized carbons (Fsp3) is 0.500. The molecule has 0 aliphatic carbocycles. The van der Waals surface area contributed by atoms with E-state index in [2.05, 4.69) is 20.9 Å². The lowest BCUT2D eigenvalue weighted by Crippen LogP contribution is -2.44. The van der Waals surface area contributed by atoms with Crippen LogP contribution in [0.1, 0.15) is 18.0 Å². The Labute approximate surface area is 122 Å². The van der Waals surface area contributed by atoms with Gasteiger partial charge in [0.25, 0.3) is 5.56 Å². The van der Waals surface area contributed by atoms with Gasteiger partial charge >= 0.3 is 5.69 Å². The first-order valence-corrected chi connectivity index (χ1v) is 7.01. The maximum atomic E-state index is 11.8. The first-order valence-electron chi connectivity index (χ1n) is 6.09. The minimum absolute atomic E-state index is 0.186. The zero-order chi connectivity index (χ0) is 14.7. The molecule has 1 saturated heterocycles. The molecule has 0 radical (unpaired) electrons. The molecule has 1 aliphatic rings. The van der Waals surface area contributed by atoms with Crippen molar-refractivity contribution in [3.63, 3.8) is 0 Å². The number of H-pyrrole nitrogens is 1. The lowest BCUT2D eigenvalue weighted by Gasteiger charge is -2.33. The zero-order valence-corrected chi connectivity index (χ0v) is 12.1. The van der Waals surface area contributed by atoms with Crippen LogP contribution in [0.15, 0.2) is 20.8 Å². The van der Waals surface area contributed by atoms with Gasteiger partial charge in [0.1, 0.15) is 6.10 Å². The van der Waals surface area contributed by atoms with E-state index >= 15 is 0 Å². The molecule has 3 N–H and O–H groups in total. The number of rotatable bonds is 3. The topological polar surface area (TPSA) is 105 Å². The standard InChI is InChI=1S/C12H15BrN2O5/c13-2-1-7-4-15(12(19)14-11(7)18)8-3-9(17)10(5-16)20-6-8/h1-2,4,8-10,16-17H,3,5-6H2,(H,14,18,19)/b2-1+. The number of hydrogen-bond acceptors (Lipinski definition) is 5. The maximum absolute atomic E-state index is 11.8. The highest BCUT2D eigenvalue weighted by Gasteiger charge is 2.31. The Morgan fingerprint density at radius 2 is 2.30 bits per heavy atom. The summed E-state index contributed by atoms with van der Waals surface area (Å²) in [6, 6.07) is -0.389. The molecule has 3 atom stereocenters. The molecule has 0 spiro atoms. The number of nitrogens with one attached hydrogen (secondary N) is 1. The van der Waals surface area contributed by atoms with Crippen LogP contribution in [0.2, 0.25) is 0 Å². The molecule has 20 heavy (non-hydrogen) atoms. The van der Waals surface area contributed by atoms with E-state index in [1.54, 1.807) is 0 Å². The molecular formula is C12H15BrN2O5. The van der Waals surface area contributed by atoms with Crippen LogP contribution in [-0.2, 0) is 4.74 Å². The first-order chi connectivity index (χ1) is 9.56. The van der Waals surface area contributed by atoms with Crippen LogP contribution in [0, 0.1) is 0 Å². The average molecular weight is 347 g/mol. The smallest absolute Gasteiger partial charge is 0.328 e. The van der Waals surface area contributed by atoms with E-state index in [1.807, 2.05) is 0 Å². The van der Waals surface area contributed by atoms with E-state index in [-0.39, 0.29) is 25.7 Å². The molecule has 1 aliphatic heterocycles. The number of aliphatic hydroxyl groups is 2. The summed E-state index contributed by atoms with van der Waals surface area (Å²) in [6.45, 7) is -0.0856. The molecule has 0 amide bonds. The Balaban J connectivity index is 2.32. The third kappa shape index (κ3) is 3.09. The number of aromatic nitrogens is 2. The summed E-state index contributed by atoms with van der Waals surface area (Å²) in [7, 11) is 0. The molecule has 2 rings (SSSR count). The van der Waals surface area contributed by atoms with Crippen LogP contribution in [0.4, 0.5) is 0 Å². The third-order valence-corrected chi connectivity index (χ3v) is 3.52. The van der Waals surface area contributed by atoms with Gasteiger partial charge in [-0.05, 0) is 17.5 Å². The minimum Gasteiger partial charge on any atom is -0.394 e. The van der Waals surface area contributed by atoms with Gasteiger partial charge in [0.2, 0.25) is 0 Å². The van der Waals surface area contributed by atoms with Crippen molar-refractivity contribution in [3.05, 3.63) is 37.6 Å². The predicted molar refractivity (Wildman–Crippen MR) is 75.8 cm³/mol. The fourth-order valence-corrected chi connectivity index (χ4v) is 2.46. The van der Waals surface area contributed by atoms with E-state index in [0.717, 1.165) is 0 Å². The highest BCUT2D eigenvalue weighted by Crippen LogP contribution is 2.22. The van der Waals surface area contributed by atoms with Crippen LogP contribution in [0.25, 0.3) is 6.08 Å². The Hall–Kier alpha value is -1.22. The number of halogens is 1. The first kappa shape index (κ1) is 15.2. The third-order valence-electron chi connectivity index (χ3n) is 3.26. The molecule has 1 aromatic heterocycles. The van der Waals surface area contributed by atoms with Crippen molar-refractivity contribution in [1.82, 2.24) is 9.55 Å². The van der Waals surface area contributed by atoms with Crippen molar-refractivity contribution in [2.24, 2.45) is 0 Å². The van der Waals surface area contributed by atoms with Crippen molar-refractivity contribution in [3.8, 4) is 0 Å². The van der Waals surface area contributed by atoms with Gasteiger partial charge in [0.15, 0.2) is 0 Å². The fourth-order valence-electron chi connectivity index (χ4n) is 2.17. The second-order valence-electron chi connectivity index (χ2n) is 4.55. The lowest BCUT2D eigenvalue weighted by atomic mass is 10.0. The monoisotopic (exact) mass is 346 g/mol. The summed E-state index contributed by atoms with van der Waals surface area (Å²) in [5.74, 6) is 0.